The van der Waals surface area contributed by atoms with Crippen molar-refractivity contribution in [3.63, 3.8) is 0 Å². The molecular weight excluding hydrogens is 242 g/mol. The van der Waals surface area contributed by atoms with E-state index in [9.17, 15) is 9.59 Å². The number of thiazole rings is 1. The van der Waals surface area contributed by atoms with Gasteiger partial charge in [0.2, 0.25) is 0 Å². The molecule has 17 heavy (non-hydrogen) atoms. The summed E-state index contributed by atoms with van der Waals surface area (Å²) in [4.78, 5) is 28.4. The molecular formula is C10H9N3O3S. The zero-order chi connectivity index (χ0) is 11.8. The van der Waals surface area contributed by atoms with Crippen LogP contribution >= 0.6 is 11.3 Å². The van der Waals surface area contributed by atoms with Gasteiger partial charge >= 0.3 is 0 Å². The van der Waals surface area contributed by atoms with Crippen molar-refractivity contribution in [2.24, 2.45) is 0 Å². The minimum Gasteiger partial charge on any atom is -0.377 e. The summed E-state index contributed by atoms with van der Waals surface area (Å²) in [6, 6.07) is 0.00470. The Labute approximate surface area is 99.9 Å². The Kier molecular flexibility index (Phi) is 2.41. The van der Waals surface area contributed by atoms with Crippen LogP contribution in [0.3, 0.4) is 0 Å². The van der Waals surface area contributed by atoms with Crippen molar-refractivity contribution in [1.29, 1.82) is 0 Å². The van der Waals surface area contributed by atoms with E-state index in [1.54, 1.807) is 11.6 Å². The van der Waals surface area contributed by atoms with Crippen LogP contribution in [-0.2, 0) is 4.74 Å². The maximum absolute atomic E-state index is 12.0. The second-order valence-electron chi connectivity index (χ2n) is 3.74. The van der Waals surface area contributed by atoms with Gasteiger partial charge in [0.05, 0.1) is 19.3 Å². The highest BCUT2D eigenvalue weighted by atomic mass is 32.1. The van der Waals surface area contributed by atoms with E-state index in [0.29, 0.717) is 18.2 Å². The average molecular weight is 251 g/mol. The molecule has 0 atom stereocenters. The predicted molar refractivity (Wildman–Crippen MR) is 61.4 cm³/mol. The third kappa shape index (κ3) is 1.73. The largest absolute Gasteiger partial charge is 0.377 e. The van der Waals surface area contributed by atoms with Gasteiger partial charge in [-0.05, 0) is 0 Å². The number of hydrogen-bond donors (Lipinski definition) is 1. The molecule has 1 N–H and O–H groups in total. The SMILES string of the molecule is O=C(NC1COC1)c1cnc2sccn2c1=O. The van der Waals surface area contributed by atoms with Crippen LogP contribution in [0.1, 0.15) is 10.4 Å². The van der Waals surface area contributed by atoms with Gasteiger partial charge in [-0.2, -0.15) is 0 Å². The van der Waals surface area contributed by atoms with E-state index in [4.69, 9.17) is 4.74 Å². The molecule has 0 aromatic carbocycles. The quantitative estimate of drug-likeness (QED) is 0.808. The van der Waals surface area contributed by atoms with Gasteiger partial charge < -0.3 is 10.1 Å². The molecule has 0 bridgehead atoms. The first-order valence-electron chi connectivity index (χ1n) is 5.09. The van der Waals surface area contributed by atoms with Crippen LogP contribution < -0.4 is 10.9 Å². The number of fused-ring (bicyclic) bond motifs is 1. The number of aromatic nitrogens is 2. The van der Waals surface area contributed by atoms with Crippen LogP contribution in [0.25, 0.3) is 4.96 Å². The Morgan fingerprint density at radius 2 is 2.41 bits per heavy atom. The molecule has 1 aliphatic rings. The van der Waals surface area contributed by atoms with Crippen molar-refractivity contribution in [3.05, 3.63) is 33.7 Å². The van der Waals surface area contributed by atoms with E-state index in [0.717, 1.165) is 0 Å². The van der Waals surface area contributed by atoms with Crippen LogP contribution in [0, 0.1) is 0 Å². The molecule has 88 valence electrons. The number of hydrogen-bond acceptors (Lipinski definition) is 5. The summed E-state index contributed by atoms with van der Waals surface area (Å²) in [5.41, 5.74) is -0.276. The molecule has 0 aliphatic carbocycles. The minimum absolute atomic E-state index is 0.00470. The molecule has 0 unspecified atom stereocenters. The number of nitrogens with one attached hydrogen (secondary N) is 1. The molecule has 0 spiro atoms. The van der Waals surface area contributed by atoms with E-state index in [-0.39, 0.29) is 17.2 Å². The van der Waals surface area contributed by atoms with E-state index >= 15 is 0 Å². The lowest BCUT2D eigenvalue weighted by Gasteiger charge is -2.26. The average Bonchev–Trinajstić information content (AvgIpc) is 2.72. The maximum atomic E-state index is 12.0. The zero-order valence-corrected chi connectivity index (χ0v) is 9.57. The van der Waals surface area contributed by atoms with Gasteiger partial charge in [0.15, 0.2) is 4.96 Å². The minimum atomic E-state index is -0.392. The van der Waals surface area contributed by atoms with Gasteiger partial charge in [-0.3, -0.25) is 14.0 Å². The summed E-state index contributed by atoms with van der Waals surface area (Å²) in [7, 11) is 0. The Bertz CT molecular complexity index is 629. The molecule has 3 heterocycles. The lowest BCUT2D eigenvalue weighted by molar-refractivity contribution is -0.00349. The molecule has 2 aromatic rings. The maximum Gasteiger partial charge on any atom is 0.271 e. The number of ether oxygens (including phenoxy) is 1. The predicted octanol–water partition coefficient (Wildman–Crippen LogP) is -0.115. The molecule has 1 saturated heterocycles. The monoisotopic (exact) mass is 251 g/mol. The van der Waals surface area contributed by atoms with Gasteiger partial charge in [0.25, 0.3) is 11.5 Å². The molecule has 1 amide bonds. The molecule has 2 aromatic heterocycles. The fourth-order valence-electron chi connectivity index (χ4n) is 1.56. The third-order valence-corrected chi connectivity index (χ3v) is 3.33. The van der Waals surface area contributed by atoms with Crippen LogP contribution in [0.5, 0.6) is 0 Å². The van der Waals surface area contributed by atoms with E-state index in [2.05, 4.69) is 10.3 Å². The summed E-state index contributed by atoms with van der Waals surface area (Å²) in [5.74, 6) is -0.392. The van der Waals surface area contributed by atoms with E-state index < -0.39 is 5.91 Å². The molecule has 7 heteroatoms. The molecule has 0 radical (unpaired) electrons. The molecule has 1 aliphatic heterocycles. The highest BCUT2D eigenvalue weighted by Gasteiger charge is 2.23. The lowest BCUT2D eigenvalue weighted by atomic mass is 10.2. The number of rotatable bonds is 2. The smallest absolute Gasteiger partial charge is 0.271 e. The number of carbonyl (C=O) groups excluding carboxylic acids is 1. The van der Waals surface area contributed by atoms with E-state index in [1.165, 1.54) is 21.9 Å². The van der Waals surface area contributed by atoms with Crippen LogP contribution in [0.2, 0.25) is 0 Å². The van der Waals surface area contributed by atoms with E-state index in [1.807, 2.05) is 0 Å². The Balaban J connectivity index is 1.96. The first kappa shape index (κ1) is 10.4. The highest BCUT2D eigenvalue weighted by Crippen LogP contribution is 2.06. The lowest BCUT2D eigenvalue weighted by Crippen LogP contribution is -2.49. The Hall–Kier alpha value is -1.73. The molecule has 3 rings (SSSR count). The van der Waals surface area contributed by atoms with Gasteiger partial charge in [-0.25, -0.2) is 4.98 Å². The van der Waals surface area contributed by atoms with Crippen molar-refractivity contribution in [1.82, 2.24) is 14.7 Å². The molecule has 0 saturated carbocycles. The second-order valence-corrected chi connectivity index (χ2v) is 4.61. The van der Waals surface area contributed by atoms with Crippen molar-refractivity contribution < 1.29 is 9.53 Å². The van der Waals surface area contributed by atoms with Gasteiger partial charge in [0, 0.05) is 17.8 Å². The second kappa shape index (κ2) is 3.94. The van der Waals surface area contributed by atoms with Crippen LogP contribution in [0.4, 0.5) is 0 Å². The first-order chi connectivity index (χ1) is 8.25. The zero-order valence-electron chi connectivity index (χ0n) is 8.75. The summed E-state index contributed by atoms with van der Waals surface area (Å²) in [5, 5.41) is 4.47. The standard InChI is InChI=1S/C10H9N3O3S/c14-8(12-6-4-16-5-6)7-3-11-10-13(9(7)15)1-2-17-10/h1-3,6H,4-5H2,(H,12,14). The topological polar surface area (TPSA) is 72.7 Å². The molecule has 1 fully saturated rings. The first-order valence-corrected chi connectivity index (χ1v) is 5.97. The van der Waals surface area contributed by atoms with Crippen LogP contribution in [-0.4, -0.2) is 34.5 Å². The normalized spacial score (nSPS) is 15.8. The van der Waals surface area contributed by atoms with Crippen molar-refractivity contribution in [3.8, 4) is 0 Å². The van der Waals surface area contributed by atoms with Crippen molar-refractivity contribution >= 4 is 22.2 Å². The third-order valence-electron chi connectivity index (χ3n) is 2.56. The number of amides is 1. The van der Waals surface area contributed by atoms with Crippen LogP contribution in [0.15, 0.2) is 22.6 Å². The van der Waals surface area contributed by atoms with Crippen molar-refractivity contribution in [2.45, 2.75) is 6.04 Å². The van der Waals surface area contributed by atoms with Gasteiger partial charge in [-0.15, -0.1) is 11.3 Å². The highest BCUT2D eigenvalue weighted by molar-refractivity contribution is 7.15. The summed E-state index contributed by atoms with van der Waals surface area (Å²) < 4.78 is 6.32. The Morgan fingerprint density at radius 3 is 3.12 bits per heavy atom. The van der Waals surface area contributed by atoms with Crippen molar-refractivity contribution in [2.75, 3.05) is 13.2 Å². The number of carbonyl (C=O) groups is 1. The number of nitrogens with zero attached hydrogens (tertiary/aromatic N) is 2. The summed E-state index contributed by atoms with van der Waals surface area (Å²) >= 11 is 1.35. The Morgan fingerprint density at radius 1 is 1.59 bits per heavy atom. The fourth-order valence-corrected chi connectivity index (χ4v) is 2.24. The fraction of sp³-hybridized carbons (Fsp3) is 0.300. The summed E-state index contributed by atoms with van der Waals surface area (Å²) in [6.07, 6.45) is 2.93. The summed E-state index contributed by atoms with van der Waals surface area (Å²) in [6.45, 7) is 1.00. The van der Waals surface area contributed by atoms with Gasteiger partial charge in [0.1, 0.15) is 5.56 Å². The van der Waals surface area contributed by atoms with Gasteiger partial charge in [-0.1, -0.05) is 0 Å². The molecule has 6 nitrogen and oxygen atoms in total.